The molecule has 1 atom stereocenters. The summed E-state index contributed by atoms with van der Waals surface area (Å²) in [6.45, 7) is 6.34. The van der Waals surface area contributed by atoms with Gasteiger partial charge in [-0.1, -0.05) is 62.4 Å². The van der Waals surface area contributed by atoms with Crippen molar-refractivity contribution in [3.05, 3.63) is 53.9 Å². The summed E-state index contributed by atoms with van der Waals surface area (Å²) in [6, 6.07) is 10.8. The minimum Gasteiger partial charge on any atom is -0.0836 e. The molecule has 1 unspecified atom stereocenters. The molecule has 0 amide bonds. The van der Waals surface area contributed by atoms with Gasteiger partial charge in [0.05, 0.1) is 0 Å². The van der Waals surface area contributed by atoms with Crippen molar-refractivity contribution in [2.24, 2.45) is 0 Å². The molecular formula is C15H21P. The zero-order chi connectivity index (χ0) is 11.8. The van der Waals surface area contributed by atoms with Crippen LogP contribution in [0.5, 0.6) is 0 Å². The second-order valence-electron chi connectivity index (χ2n) is 3.50. The van der Waals surface area contributed by atoms with Gasteiger partial charge in [-0.25, -0.2) is 0 Å². The monoisotopic (exact) mass is 232 g/mol. The number of hydrogen-bond acceptors (Lipinski definition) is 0. The van der Waals surface area contributed by atoms with Crippen molar-refractivity contribution in [3.63, 3.8) is 0 Å². The molecule has 1 aromatic rings. The molecule has 0 nitrogen and oxygen atoms in total. The van der Waals surface area contributed by atoms with Crippen molar-refractivity contribution in [1.29, 1.82) is 0 Å². The standard InChI is InChI=1S/C13H15P.C2H6/c1-14(12-8-4-2-5-9-12)13-10-6-3-7-11-13;1-2/h2,4-6,8-11H,3,7H2,1H3;1-2H3. The highest BCUT2D eigenvalue weighted by Crippen LogP contribution is 2.41. The number of hydrogen-bond donors (Lipinski definition) is 0. The first-order valence-corrected chi connectivity index (χ1v) is 7.82. The lowest BCUT2D eigenvalue weighted by molar-refractivity contribution is 1.03. The Morgan fingerprint density at radius 3 is 2.25 bits per heavy atom. The van der Waals surface area contributed by atoms with Gasteiger partial charge in [0.25, 0.3) is 0 Å². The molecular weight excluding hydrogens is 211 g/mol. The highest BCUT2D eigenvalue weighted by atomic mass is 31.1. The lowest BCUT2D eigenvalue weighted by Gasteiger charge is -2.16. The number of rotatable bonds is 2. The lowest BCUT2D eigenvalue weighted by Crippen LogP contribution is -2.00. The van der Waals surface area contributed by atoms with E-state index in [-0.39, 0.29) is 7.92 Å². The van der Waals surface area contributed by atoms with Gasteiger partial charge in [0, 0.05) is 0 Å². The van der Waals surface area contributed by atoms with E-state index < -0.39 is 0 Å². The first-order valence-electron chi connectivity index (χ1n) is 6.03. The molecule has 16 heavy (non-hydrogen) atoms. The first kappa shape index (κ1) is 13.2. The van der Waals surface area contributed by atoms with Crippen molar-refractivity contribution in [3.8, 4) is 0 Å². The molecule has 0 radical (unpaired) electrons. The summed E-state index contributed by atoms with van der Waals surface area (Å²) < 4.78 is 0. The van der Waals surface area contributed by atoms with Gasteiger partial charge in [-0.15, -0.1) is 0 Å². The SMILES string of the molecule is CC.CP(C1=CCCC=C1)c1ccccc1. The molecule has 1 aliphatic carbocycles. The van der Waals surface area contributed by atoms with Crippen LogP contribution in [0.3, 0.4) is 0 Å². The van der Waals surface area contributed by atoms with Crippen LogP contribution in [0.4, 0.5) is 0 Å². The van der Waals surface area contributed by atoms with Crippen molar-refractivity contribution >= 4 is 13.2 Å². The van der Waals surface area contributed by atoms with E-state index in [1.165, 1.54) is 23.5 Å². The summed E-state index contributed by atoms with van der Waals surface area (Å²) in [7, 11) is -0.120. The average molecular weight is 232 g/mol. The Kier molecular flexibility index (Phi) is 6.11. The predicted octanol–water partition coefficient (Wildman–Crippen LogP) is 4.68. The molecule has 0 aliphatic heterocycles. The second kappa shape index (κ2) is 7.41. The van der Waals surface area contributed by atoms with Crippen LogP contribution in [0.1, 0.15) is 26.7 Å². The van der Waals surface area contributed by atoms with Gasteiger partial charge in [0.2, 0.25) is 0 Å². The summed E-state index contributed by atoms with van der Waals surface area (Å²) in [5, 5.41) is 3.00. The van der Waals surface area contributed by atoms with Crippen LogP contribution in [0.25, 0.3) is 0 Å². The quantitative estimate of drug-likeness (QED) is 0.649. The molecule has 0 heterocycles. The highest BCUT2D eigenvalue weighted by molar-refractivity contribution is 7.69. The molecule has 0 spiro atoms. The zero-order valence-corrected chi connectivity index (χ0v) is 11.4. The van der Waals surface area contributed by atoms with Gasteiger partial charge in [0.1, 0.15) is 0 Å². The summed E-state index contributed by atoms with van der Waals surface area (Å²) in [4.78, 5) is 0. The normalized spacial score (nSPS) is 15.8. The minimum atomic E-state index is -0.120. The Bertz CT molecular complexity index is 349. The summed E-state index contributed by atoms with van der Waals surface area (Å²) in [5.74, 6) is 0. The van der Waals surface area contributed by atoms with Gasteiger partial charge in [-0.2, -0.15) is 0 Å². The van der Waals surface area contributed by atoms with Crippen molar-refractivity contribution in [2.45, 2.75) is 26.7 Å². The fourth-order valence-electron chi connectivity index (χ4n) is 1.65. The Hall–Kier alpha value is -0.870. The van der Waals surface area contributed by atoms with E-state index in [2.05, 4.69) is 55.2 Å². The van der Waals surface area contributed by atoms with Crippen LogP contribution in [0, 0.1) is 0 Å². The summed E-state index contributed by atoms with van der Waals surface area (Å²) in [6.07, 6.45) is 9.39. The topological polar surface area (TPSA) is 0 Å². The lowest BCUT2D eigenvalue weighted by atomic mass is 10.2. The van der Waals surface area contributed by atoms with Crippen molar-refractivity contribution < 1.29 is 0 Å². The van der Waals surface area contributed by atoms with Crippen LogP contribution in [-0.4, -0.2) is 6.66 Å². The maximum atomic E-state index is 2.39. The predicted molar refractivity (Wildman–Crippen MR) is 76.7 cm³/mol. The average Bonchev–Trinajstić information content (AvgIpc) is 2.42. The van der Waals surface area contributed by atoms with E-state index in [0.29, 0.717) is 0 Å². The number of allylic oxidation sites excluding steroid dienone is 4. The molecule has 1 heteroatoms. The largest absolute Gasteiger partial charge is 0.0836 e. The van der Waals surface area contributed by atoms with Crippen LogP contribution >= 0.6 is 7.92 Å². The summed E-state index contributed by atoms with van der Waals surface area (Å²) >= 11 is 0. The van der Waals surface area contributed by atoms with Crippen molar-refractivity contribution in [1.82, 2.24) is 0 Å². The first-order chi connectivity index (χ1) is 7.88. The van der Waals surface area contributed by atoms with E-state index in [9.17, 15) is 0 Å². The molecule has 2 rings (SSSR count). The van der Waals surface area contributed by atoms with E-state index in [1.54, 1.807) is 0 Å². The van der Waals surface area contributed by atoms with Crippen LogP contribution in [0.15, 0.2) is 53.9 Å². The molecule has 0 N–H and O–H groups in total. The molecule has 1 aromatic carbocycles. The van der Waals surface area contributed by atoms with Crippen LogP contribution < -0.4 is 5.30 Å². The third-order valence-electron chi connectivity index (χ3n) is 2.51. The minimum absolute atomic E-state index is 0.120. The Balaban J connectivity index is 0.000000606. The van der Waals surface area contributed by atoms with E-state index >= 15 is 0 Å². The third-order valence-corrected chi connectivity index (χ3v) is 4.69. The summed E-state index contributed by atoms with van der Waals surface area (Å²) in [5.41, 5.74) is 0. The molecule has 86 valence electrons. The zero-order valence-electron chi connectivity index (χ0n) is 10.5. The molecule has 0 saturated carbocycles. The van der Waals surface area contributed by atoms with Crippen LogP contribution in [0.2, 0.25) is 0 Å². The second-order valence-corrected chi connectivity index (χ2v) is 5.65. The number of benzene rings is 1. The maximum absolute atomic E-state index is 2.39. The van der Waals surface area contributed by atoms with Gasteiger partial charge in [-0.3, -0.25) is 0 Å². The fourth-order valence-corrected chi connectivity index (χ4v) is 3.30. The fraction of sp³-hybridized carbons (Fsp3) is 0.333. The molecule has 0 aromatic heterocycles. The van der Waals surface area contributed by atoms with Gasteiger partial charge in [0.15, 0.2) is 0 Å². The smallest absolute Gasteiger partial charge is 0.0198 e. The van der Waals surface area contributed by atoms with E-state index in [4.69, 9.17) is 0 Å². The van der Waals surface area contributed by atoms with E-state index in [1.807, 2.05) is 13.8 Å². The van der Waals surface area contributed by atoms with Gasteiger partial charge in [-0.05, 0) is 38.0 Å². The molecule has 0 saturated heterocycles. The molecule has 0 fully saturated rings. The van der Waals surface area contributed by atoms with Crippen LogP contribution in [-0.2, 0) is 0 Å². The van der Waals surface area contributed by atoms with Gasteiger partial charge < -0.3 is 0 Å². The van der Waals surface area contributed by atoms with Crippen molar-refractivity contribution in [2.75, 3.05) is 6.66 Å². The highest BCUT2D eigenvalue weighted by Gasteiger charge is 2.08. The Morgan fingerprint density at radius 2 is 1.69 bits per heavy atom. The van der Waals surface area contributed by atoms with E-state index in [0.717, 1.165) is 0 Å². The Morgan fingerprint density at radius 1 is 1.00 bits per heavy atom. The molecule has 1 aliphatic rings. The van der Waals surface area contributed by atoms with Gasteiger partial charge >= 0.3 is 0 Å². The third kappa shape index (κ3) is 3.61. The Labute approximate surface area is 101 Å². The maximum Gasteiger partial charge on any atom is -0.0198 e. The molecule has 0 bridgehead atoms.